The van der Waals surface area contributed by atoms with E-state index in [4.69, 9.17) is 4.74 Å². The molecule has 1 aliphatic rings. The molecule has 0 bridgehead atoms. The molecule has 0 atom stereocenters. The fourth-order valence-electron chi connectivity index (χ4n) is 2.34. The van der Waals surface area contributed by atoms with E-state index in [1.54, 1.807) is 6.08 Å². The average Bonchev–Trinajstić information content (AvgIpc) is 2.54. The van der Waals surface area contributed by atoms with Gasteiger partial charge in [-0.05, 0) is 22.8 Å². The van der Waals surface area contributed by atoms with Crippen LogP contribution < -0.4 is 0 Å². The van der Waals surface area contributed by atoms with Crippen LogP contribution in [0.2, 0.25) is 0 Å². The fourth-order valence-corrected chi connectivity index (χ4v) is 2.34. The van der Waals surface area contributed by atoms with Crippen molar-refractivity contribution in [2.45, 2.75) is 6.42 Å². The molecule has 21 heavy (non-hydrogen) atoms. The summed E-state index contributed by atoms with van der Waals surface area (Å²) in [6.07, 6.45) is 3.99. The molecule has 0 unspecified atom stereocenters. The Morgan fingerprint density at radius 1 is 0.905 bits per heavy atom. The number of hydrogen-bond acceptors (Lipinski definition) is 2. The smallest absolute Gasteiger partial charge is 0.162 e. The first kappa shape index (κ1) is 13.4. The van der Waals surface area contributed by atoms with Crippen molar-refractivity contribution in [2.24, 2.45) is 0 Å². The third-order valence-corrected chi connectivity index (χ3v) is 3.38. The Bertz CT molecular complexity index is 641. The van der Waals surface area contributed by atoms with E-state index in [-0.39, 0.29) is 5.78 Å². The van der Waals surface area contributed by atoms with Crippen molar-refractivity contribution in [1.82, 2.24) is 0 Å². The summed E-state index contributed by atoms with van der Waals surface area (Å²) in [5.74, 6) is 0.752. The van der Waals surface area contributed by atoms with Crippen LogP contribution in [0.25, 0.3) is 5.57 Å². The molecule has 2 nitrogen and oxygen atoms in total. The summed E-state index contributed by atoms with van der Waals surface area (Å²) < 4.78 is 5.59. The zero-order valence-electron chi connectivity index (χ0n) is 11.7. The van der Waals surface area contributed by atoms with Crippen molar-refractivity contribution in [3.8, 4) is 0 Å². The normalized spacial score (nSPS) is 14.1. The number of rotatable bonds is 3. The van der Waals surface area contributed by atoms with Gasteiger partial charge >= 0.3 is 0 Å². The molecule has 0 spiro atoms. The Balaban J connectivity index is 2.07. The molecular weight excluding hydrogens is 260 g/mol. The van der Waals surface area contributed by atoms with Gasteiger partial charge in [-0.1, -0.05) is 60.7 Å². The fraction of sp³-hybridized carbons (Fsp3) is 0.105. The average molecular weight is 276 g/mol. The molecule has 0 saturated carbocycles. The number of allylic oxidation sites excluding steroid dienone is 2. The van der Waals surface area contributed by atoms with E-state index in [1.807, 2.05) is 42.5 Å². The second kappa shape index (κ2) is 6.23. The third kappa shape index (κ3) is 3.29. The lowest BCUT2D eigenvalue weighted by Crippen LogP contribution is -2.09. The first-order valence-corrected chi connectivity index (χ1v) is 7.03. The summed E-state index contributed by atoms with van der Waals surface area (Å²) in [4.78, 5) is 11.5. The Morgan fingerprint density at radius 3 is 2.00 bits per heavy atom. The molecule has 0 fully saturated rings. The van der Waals surface area contributed by atoms with Gasteiger partial charge in [0.25, 0.3) is 0 Å². The van der Waals surface area contributed by atoms with Crippen LogP contribution in [-0.2, 0) is 9.53 Å². The molecule has 0 amide bonds. The largest absolute Gasteiger partial charge is 0.493 e. The Hall–Kier alpha value is -2.61. The second-order valence-corrected chi connectivity index (χ2v) is 4.90. The van der Waals surface area contributed by atoms with Gasteiger partial charge in [0.1, 0.15) is 5.76 Å². The van der Waals surface area contributed by atoms with Crippen LogP contribution in [0.3, 0.4) is 0 Å². The Morgan fingerprint density at radius 2 is 1.48 bits per heavy atom. The SMILES string of the molecule is O=C1C=C(C=C(c2ccccc2)c2ccccc2)OCC1. The highest BCUT2D eigenvalue weighted by molar-refractivity contribution is 5.92. The van der Waals surface area contributed by atoms with Gasteiger partial charge in [-0.15, -0.1) is 0 Å². The molecular formula is C19H16O2. The summed E-state index contributed by atoms with van der Waals surface area (Å²) in [5.41, 5.74) is 3.26. The highest BCUT2D eigenvalue weighted by atomic mass is 16.5. The van der Waals surface area contributed by atoms with Gasteiger partial charge in [-0.25, -0.2) is 0 Å². The van der Waals surface area contributed by atoms with Crippen molar-refractivity contribution >= 4 is 11.4 Å². The molecule has 0 saturated heterocycles. The molecule has 2 heteroatoms. The topological polar surface area (TPSA) is 26.3 Å². The summed E-state index contributed by atoms with van der Waals surface area (Å²) in [5, 5.41) is 0. The van der Waals surface area contributed by atoms with Gasteiger partial charge in [-0.3, -0.25) is 4.79 Å². The molecule has 2 aromatic carbocycles. The molecule has 104 valence electrons. The minimum absolute atomic E-state index is 0.118. The summed E-state index contributed by atoms with van der Waals surface area (Å²) in [7, 11) is 0. The van der Waals surface area contributed by atoms with Crippen LogP contribution in [0, 0.1) is 0 Å². The van der Waals surface area contributed by atoms with Crippen LogP contribution in [0.5, 0.6) is 0 Å². The van der Waals surface area contributed by atoms with Crippen LogP contribution in [-0.4, -0.2) is 12.4 Å². The Labute approximate surface area is 124 Å². The van der Waals surface area contributed by atoms with Crippen molar-refractivity contribution in [3.63, 3.8) is 0 Å². The molecule has 0 radical (unpaired) electrons. The maximum atomic E-state index is 11.5. The minimum atomic E-state index is 0.118. The lowest BCUT2D eigenvalue weighted by Gasteiger charge is -2.14. The van der Waals surface area contributed by atoms with Crippen LogP contribution in [0.1, 0.15) is 17.5 Å². The summed E-state index contributed by atoms with van der Waals surface area (Å²) in [6, 6.07) is 20.3. The molecule has 2 aromatic rings. The highest BCUT2D eigenvalue weighted by Gasteiger charge is 2.11. The van der Waals surface area contributed by atoms with Gasteiger partial charge < -0.3 is 4.74 Å². The number of carbonyl (C=O) groups is 1. The van der Waals surface area contributed by atoms with Crippen molar-refractivity contribution in [3.05, 3.63) is 89.7 Å². The molecule has 0 N–H and O–H groups in total. The van der Waals surface area contributed by atoms with Gasteiger partial charge in [0.2, 0.25) is 0 Å². The van der Waals surface area contributed by atoms with Crippen molar-refractivity contribution in [2.75, 3.05) is 6.61 Å². The number of ketones is 1. The predicted molar refractivity (Wildman–Crippen MR) is 83.6 cm³/mol. The first-order chi connectivity index (χ1) is 10.3. The van der Waals surface area contributed by atoms with Crippen LogP contribution in [0.4, 0.5) is 0 Å². The Kier molecular flexibility index (Phi) is 3.97. The predicted octanol–water partition coefficient (Wildman–Crippen LogP) is 3.99. The quantitative estimate of drug-likeness (QED) is 0.847. The van der Waals surface area contributed by atoms with E-state index in [0.29, 0.717) is 18.8 Å². The van der Waals surface area contributed by atoms with E-state index >= 15 is 0 Å². The molecule has 0 aliphatic carbocycles. The van der Waals surface area contributed by atoms with Gasteiger partial charge in [0.15, 0.2) is 5.78 Å². The maximum absolute atomic E-state index is 11.5. The van der Waals surface area contributed by atoms with Crippen LogP contribution in [0.15, 0.2) is 78.6 Å². The van der Waals surface area contributed by atoms with Gasteiger partial charge in [-0.2, -0.15) is 0 Å². The van der Waals surface area contributed by atoms with E-state index < -0.39 is 0 Å². The first-order valence-electron chi connectivity index (χ1n) is 7.03. The van der Waals surface area contributed by atoms with E-state index in [1.165, 1.54) is 0 Å². The number of hydrogen-bond donors (Lipinski definition) is 0. The molecule has 1 aliphatic heterocycles. The van der Waals surface area contributed by atoms with Crippen LogP contribution >= 0.6 is 0 Å². The molecule has 3 rings (SSSR count). The second-order valence-electron chi connectivity index (χ2n) is 4.90. The molecule has 0 aromatic heterocycles. The van der Waals surface area contributed by atoms with Crippen molar-refractivity contribution in [1.29, 1.82) is 0 Å². The summed E-state index contributed by atoms with van der Waals surface area (Å²) >= 11 is 0. The zero-order chi connectivity index (χ0) is 14.5. The number of carbonyl (C=O) groups excluding carboxylic acids is 1. The summed E-state index contributed by atoms with van der Waals surface area (Å²) in [6.45, 7) is 0.456. The van der Waals surface area contributed by atoms with E-state index in [2.05, 4.69) is 24.3 Å². The standard InChI is InChI=1S/C19H16O2/c20-17-11-12-21-18(13-17)14-19(15-7-3-1-4-8-15)16-9-5-2-6-10-16/h1-10,13-14H,11-12H2. The third-order valence-electron chi connectivity index (χ3n) is 3.38. The maximum Gasteiger partial charge on any atom is 0.162 e. The van der Waals surface area contributed by atoms with E-state index in [9.17, 15) is 4.79 Å². The number of ether oxygens (including phenoxy) is 1. The number of benzene rings is 2. The zero-order valence-corrected chi connectivity index (χ0v) is 11.7. The van der Waals surface area contributed by atoms with Crippen molar-refractivity contribution < 1.29 is 9.53 Å². The molecule has 1 heterocycles. The van der Waals surface area contributed by atoms with Gasteiger partial charge in [0.05, 0.1) is 6.61 Å². The highest BCUT2D eigenvalue weighted by Crippen LogP contribution is 2.25. The lowest BCUT2D eigenvalue weighted by molar-refractivity contribution is -0.116. The van der Waals surface area contributed by atoms with E-state index in [0.717, 1.165) is 16.7 Å². The monoisotopic (exact) mass is 276 g/mol. The lowest BCUT2D eigenvalue weighted by atomic mass is 9.97. The van der Waals surface area contributed by atoms with Gasteiger partial charge in [0, 0.05) is 12.5 Å². The minimum Gasteiger partial charge on any atom is -0.493 e.